The first-order valence-corrected chi connectivity index (χ1v) is 11.9. The van der Waals surface area contributed by atoms with Crippen molar-refractivity contribution >= 4 is 56.6 Å². The van der Waals surface area contributed by atoms with E-state index in [-0.39, 0.29) is 45.0 Å². The first-order valence-electron chi connectivity index (χ1n) is 10.3. The van der Waals surface area contributed by atoms with Crippen LogP contribution < -0.4 is 4.74 Å². The maximum atomic E-state index is 14.2. The van der Waals surface area contributed by atoms with Gasteiger partial charge in [-0.25, -0.2) is 9.37 Å². The smallest absolute Gasteiger partial charge is 0.258 e. The van der Waals surface area contributed by atoms with E-state index >= 15 is 0 Å². The fourth-order valence-electron chi connectivity index (χ4n) is 4.42. The Kier molecular flexibility index (Phi) is 5.76. The number of benzene rings is 2. The van der Waals surface area contributed by atoms with E-state index in [1.165, 1.54) is 23.5 Å². The lowest BCUT2D eigenvalue weighted by atomic mass is 9.99. The minimum Gasteiger partial charge on any atom is -0.491 e. The van der Waals surface area contributed by atoms with Crippen LogP contribution in [0.15, 0.2) is 36.4 Å². The zero-order valence-corrected chi connectivity index (χ0v) is 19.6. The van der Waals surface area contributed by atoms with Crippen molar-refractivity contribution < 1.29 is 18.7 Å². The summed E-state index contributed by atoms with van der Waals surface area (Å²) in [6.45, 7) is 5.05. The zero-order chi connectivity index (χ0) is 23.3. The van der Waals surface area contributed by atoms with Gasteiger partial charge in [-0.05, 0) is 24.3 Å². The molecule has 0 spiro atoms. The van der Waals surface area contributed by atoms with Gasteiger partial charge in [-0.1, -0.05) is 29.8 Å². The van der Waals surface area contributed by atoms with Crippen molar-refractivity contribution in [2.75, 3.05) is 26.2 Å². The summed E-state index contributed by atoms with van der Waals surface area (Å²) in [4.78, 5) is 33.2. The largest absolute Gasteiger partial charge is 0.491 e. The minimum atomic E-state index is -0.374. The number of nitrogens with zero attached hydrogens (tertiary/aromatic N) is 3. The van der Waals surface area contributed by atoms with E-state index in [1.807, 2.05) is 0 Å². The van der Waals surface area contributed by atoms with Gasteiger partial charge >= 0.3 is 0 Å². The highest BCUT2D eigenvalue weighted by molar-refractivity contribution is 7.16. The molecule has 0 saturated carbocycles. The highest BCUT2D eigenvalue weighted by atomic mass is 35.5. The van der Waals surface area contributed by atoms with Crippen LogP contribution in [0.25, 0.3) is 21.3 Å². The van der Waals surface area contributed by atoms with Crippen molar-refractivity contribution in [2.45, 2.75) is 12.5 Å². The van der Waals surface area contributed by atoms with Gasteiger partial charge in [-0.3, -0.25) is 9.59 Å². The molecule has 2 aliphatic rings. The molecule has 0 aliphatic carbocycles. The molecule has 1 saturated heterocycles. The van der Waals surface area contributed by atoms with Gasteiger partial charge in [0.25, 0.3) is 5.91 Å². The van der Waals surface area contributed by atoms with E-state index in [0.717, 1.165) is 0 Å². The van der Waals surface area contributed by atoms with Crippen LogP contribution in [0.2, 0.25) is 10.0 Å². The fraction of sp³-hybridized carbons (Fsp3) is 0.261. The van der Waals surface area contributed by atoms with Crippen molar-refractivity contribution in [3.63, 3.8) is 0 Å². The predicted molar refractivity (Wildman–Crippen MR) is 127 cm³/mol. The van der Waals surface area contributed by atoms with Gasteiger partial charge in [-0.15, -0.1) is 11.3 Å². The van der Waals surface area contributed by atoms with Crippen molar-refractivity contribution in [3.05, 3.63) is 57.8 Å². The van der Waals surface area contributed by atoms with Gasteiger partial charge in [0, 0.05) is 37.2 Å². The Morgan fingerprint density at radius 1 is 1.30 bits per heavy atom. The number of carbonyl (C=O) groups is 2. The third-order valence-electron chi connectivity index (χ3n) is 6.04. The summed E-state index contributed by atoms with van der Waals surface area (Å²) < 4.78 is 20.6. The van der Waals surface area contributed by atoms with Crippen molar-refractivity contribution in [3.8, 4) is 16.9 Å². The molecule has 5 rings (SSSR count). The summed E-state index contributed by atoms with van der Waals surface area (Å²) >= 11 is 14.6. The molecule has 3 aromatic rings. The molecule has 2 aromatic carbocycles. The van der Waals surface area contributed by atoms with E-state index in [2.05, 4.69) is 11.6 Å². The second-order valence-electron chi connectivity index (χ2n) is 7.83. The Balaban J connectivity index is 1.57. The van der Waals surface area contributed by atoms with E-state index in [1.54, 1.807) is 27.4 Å². The minimum absolute atomic E-state index is 0.158. The number of amides is 2. The van der Waals surface area contributed by atoms with Crippen LogP contribution in [-0.4, -0.2) is 58.9 Å². The Hall–Kier alpha value is -2.68. The Morgan fingerprint density at radius 2 is 2.12 bits per heavy atom. The quantitative estimate of drug-likeness (QED) is 0.458. The predicted octanol–water partition coefficient (Wildman–Crippen LogP) is 5.03. The number of aromatic nitrogens is 1. The fourth-order valence-corrected chi connectivity index (χ4v) is 5.85. The van der Waals surface area contributed by atoms with E-state index in [4.69, 9.17) is 27.9 Å². The maximum Gasteiger partial charge on any atom is 0.258 e. The van der Waals surface area contributed by atoms with Crippen LogP contribution >= 0.6 is 34.5 Å². The summed E-state index contributed by atoms with van der Waals surface area (Å²) in [5, 5.41) is 0.430. The van der Waals surface area contributed by atoms with Crippen LogP contribution in [0.5, 0.6) is 5.75 Å². The molecule has 1 atom stereocenters. The summed E-state index contributed by atoms with van der Waals surface area (Å²) in [5.41, 5.74) is 3.28. The average Bonchev–Trinajstić information content (AvgIpc) is 3.31. The maximum absolute atomic E-state index is 14.2. The average molecular weight is 506 g/mol. The summed E-state index contributed by atoms with van der Waals surface area (Å²) in [6.07, 6.45) is 1.81. The second-order valence-corrected chi connectivity index (χ2v) is 9.47. The topological polar surface area (TPSA) is 62.7 Å². The molecule has 3 heterocycles. The standard InChI is InChI=1S/C23H18Cl2FN3O3S/c1-2-17(30)28-6-7-29-12(10-28)5-8-32-21-14(23(29)31)9-15(24)18(19(21)25)13-3-4-16(26)22-20(13)27-11-33-22/h2-4,9,11-12H,1,5-8,10H2/t12-/m0/s1. The molecule has 0 unspecified atom stereocenters. The van der Waals surface area contributed by atoms with Gasteiger partial charge in [0.15, 0.2) is 5.75 Å². The van der Waals surface area contributed by atoms with Crippen LogP contribution in [0.1, 0.15) is 16.8 Å². The van der Waals surface area contributed by atoms with Gasteiger partial charge in [0.2, 0.25) is 5.91 Å². The van der Waals surface area contributed by atoms with Crippen LogP contribution in [0.4, 0.5) is 4.39 Å². The number of hydrogen-bond acceptors (Lipinski definition) is 5. The second kappa shape index (κ2) is 8.59. The Bertz CT molecular complexity index is 1310. The monoisotopic (exact) mass is 505 g/mol. The van der Waals surface area contributed by atoms with E-state index < -0.39 is 0 Å². The van der Waals surface area contributed by atoms with Crippen molar-refractivity contribution in [1.82, 2.24) is 14.8 Å². The number of piperazine rings is 1. The van der Waals surface area contributed by atoms with Crippen molar-refractivity contribution in [1.29, 1.82) is 0 Å². The molecule has 2 aliphatic heterocycles. The Morgan fingerprint density at radius 3 is 2.91 bits per heavy atom. The highest BCUT2D eigenvalue weighted by Gasteiger charge is 2.36. The Labute approximate surface area is 203 Å². The van der Waals surface area contributed by atoms with Gasteiger partial charge < -0.3 is 14.5 Å². The molecule has 0 radical (unpaired) electrons. The highest BCUT2D eigenvalue weighted by Crippen LogP contribution is 2.46. The normalized spacial score (nSPS) is 18.3. The number of thiazole rings is 1. The molecule has 33 heavy (non-hydrogen) atoms. The third-order valence-corrected chi connectivity index (χ3v) is 7.53. The SMILES string of the molecule is C=CC(=O)N1CCN2C(=O)c3cc(Cl)c(-c4ccc(F)c5scnc45)c(Cl)c3OCC[C@H]2C1. The first kappa shape index (κ1) is 22.1. The lowest BCUT2D eigenvalue weighted by Crippen LogP contribution is -2.57. The van der Waals surface area contributed by atoms with Crippen molar-refractivity contribution in [2.24, 2.45) is 0 Å². The number of ether oxygens (including phenoxy) is 1. The summed E-state index contributed by atoms with van der Waals surface area (Å²) in [6, 6.07) is 4.28. The molecule has 6 nitrogen and oxygen atoms in total. The van der Waals surface area contributed by atoms with Crippen LogP contribution in [-0.2, 0) is 4.79 Å². The molecular formula is C23H18Cl2FN3O3S. The van der Waals surface area contributed by atoms with Crippen LogP contribution in [0.3, 0.4) is 0 Å². The summed E-state index contributed by atoms with van der Waals surface area (Å²) in [7, 11) is 0. The van der Waals surface area contributed by atoms with Gasteiger partial charge in [0.1, 0.15) is 5.82 Å². The first-order chi connectivity index (χ1) is 15.9. The van der Waals surface area contributed by atoms with E-state index in [9.17, 15) is 14.0 Å². The number of rotatable bonds is 2. The van der Waals surface area contributed by atoms with Gasteiger partial charge in [-0.2, -0.15) is 0 Å². The van der Waals surface area contributed by atoms with Gasteiger partial charge in [0.05, 0.1) is 44.0 Å². The molecule has 170 valence electrons. The number of hydrogen-bond donors (Lipinski definition) is 0. The van der Waals surface area contributed by atoms with Crippen LogP contribution in [0, 0.1) is 5.82 Å². The zero-order valence-electron chi connectivity index (χ0n) is 17.3. The molecule has 1 aromatic heterocycles. The molecule has 10 heteroatoms. The lowest BCUT2D eigenvalue weighted by molar-refractivity contribution is -0.128. The molecular weight excluding hydrogens is 488 g/mol. The van der Waals surface area contributed by atoms with E-state index in [0.29, 0.717) is 54.0 Å². The third kappa shape index (κ3) is 3.66. The molecule has 0 N–H and O–H groups in total. The number of fused-ring (bicyclic) bond motifs is 3. The molecule has 1 fully saturated rings. The summed E-state index contributed by atoms with van der Waals surface area (Å²) in [5.74, 6) is -0.541. The number of halogens is 3. The number of carbonyl (C=O) groups excluding carboxylic acids is 2. The lowest BCUT2D eigenvalue weighted by Gasteiger charge is -2.42. The molecule has 2 amide bonds. The molecule has 0 bridgehead atoms.